The number of methoxy groups -OCH3 is 1. The van der Waals surface area contributed by atoms with Crippen LogP contribution in [0.3, 0.4) is 0 Å². The van der Waals surface area contributed by atoms with E-state index in [1.54, 1.807) is 18.3 Å². The van der Waals surface area contributed by atoms with Crippen LogP contribution in [0.4, 0.5) is 18.0 Å². The molecule has 2 heterocycles. The highest BCUT2D eigenvalue weighted by Crippen LogP contribution is 2.33. The third kappa shape index (κ3) is 4.25. The molecule has 0 saturated carbocycles. The number of carbonyl (C=O) groups excluding carboxylic acids is 1. The lowest BCUT2D eigenvalue weighted by atomic mass is 9.98. The van der Waals surface area contributed by atoms with Gasteiger partial charge in [0.25, 0.3) is 0 Å². The summed E-state index contributed by atoms with van der Waals surface area (Å²) in [5, 5.41) is 2.63. The lowest BCUT2D eigenvalue weighted by Crippen LogP contribution is -2.48. The first kappa shape index (κ1) is 16.4. The Morgan fingerprint density at radius 3 is 3.00 bits per heavy atom. The first-order valence-electron chi connectivity index (χ1n) is 6.98. The molecule has 22 heavy (non-hydrogen) atoms. The van der Waals surface area contributed by atoms with E-state index in [1.807, 2.05) is 0 Å². The maximum Gasteiger partial charge on any atom is 0.393 e. The van der Waals surface area contributed by atoms with E-state index >= 15 is 0 Å². The summed E-state index contributed by atoms with van der Waals surface area (Å²) in [6.45, 7) is 0.276. The maximum absolute atomic E-state index is 12.7. The van der Waals surface area contributed by atoms with Crippen LogP contribution >= 0.6 is 0 Å². The predicted octanol–water partition coefficient (Wildman–Crippen LogP) is 2.57. The summed E-state index contributed by atoms with van der Waals surface area (Å²) in [6, 6.07) is 2.89. The summed E-state index contributed by atoms with van der Waals surface area (Å²) in [4.78, 5) is 17.2. The Labute approximate surface area is 126 Å². The average Bonchev–Trinajstić information content (AvgIpc) is 2.52. The van der Waals surface area contributed by atoms with E-state index in [9.17, 15) is 18.0 Å². The van der Waals surface area contributed by atoms with Crippen molar-refractivity contribution in [2.24, 2.45) is 5.92 Å². The van der Waals surface area contributed by atoms with E-state index in [4.69, 9.17) is 4.74 Å². The molecule has 2 amide bonds. The molecule has 1 fully saturated rings. The van der Waals surface area contributed by atoms with Crippen LogP contribution in [0.1, 0.15) is 18.4 Å². The summed E-state index contributed by atoms with van der Waals surface area (Å²) >= 11 is 0. The minimum Gasteiger partial charge on any atom is -0.481 e. The fourth-order valence-corrected chi connectivity index (χ4v) is 2.39. The Balaban J connectivity index is 1.89. The van der Waals surface area contributed by atoms with Gasteiger partial charge in [0, 0.05) is 31.9 Å². The van der Waals surface area contributed by atoms with Crippen LogP contribution in [-0.2, 0) is 6.54 Å². The van der Waals surface area contributed by atoms with Gasteiger partial charge in [-0.15, -0.1) is 0 Å². The third-order valence-corrected chi connectivity index (χ3v) is 3.62. The van der Waals surface area contributed by atoms with Gasteiger partial charge < -0.3 is 15.0 Å². The number of carbonyl (C=O) groups is 1. The molecule has 0 aromatic carbocycles. The quantitative estimate of drug-likeness (QED) is 0.932. The number of pyridine rings is 1. The van der Waals surface area contributed by atoms with Crippen molar-refractivity contribution in [1.82, 2.24) is 15.2 Å². The minimum atomic E-state index is -4.25. The van der Waals surface area contributed by atoms with Crippen molar-refractivity contribution in [2.75, 3.05) is 20.2 Å². The zero-order valence-corrected chi connectivity index (χ0v) is 12.2. The number of likely N-dealkylation sites (tertiary alicyclic amines) is 1. The number of nitrogens with one attached hydrogen (secondary N) is 1. The van der Waals surface area contributed by atoms with Crippen LogP contribution in [0.25, 0.3) is 0 Å². The number of amides is 2. The molecular formula is C14H18F3N3O2. The molecule has 8 heteroatoms. The molecule has 0 radical (unpaired) electrons. The number of nitrogens with zero attached hydrogens (tertiary/aromatic N) is 2. The van der Waals surface area contributed by atoms with Crippen molar-refractivity contribution < 1.29 is 22.7 Å². The molecule has 0 aliphatic carbocycles. The summed E-state index contributed by atoms with van der Waals surface area (Å²) in [5.41, 5.74) is 0.768. The Kier molecular flexibility index (Phi) is 5.10. The molecule has 0 bridgehead atoms. The molecule has 122 valence electrons. The van der Waals surface area contributed by atoms with Gasteiger partial charge in [-0.3, -0.25) is 0 Å². The molecule has 0 unspecified atom stereocenters. The standard InChI is InChI=1S/C14H18F3N3O2/c1-22-12-7-10(4-5-18-12)8-19-13(21)20-6-2-3-11(9-20)14(15,16)17/h4-5,7,11H,2-3,6,8-9H2,1H3,(H,19,21)/t11-/m1/s1. The molecular weight excluding hydrogens is 299 g/mol. The number of piperidine rings is 1. The number of urea groups is 1. The van der Waals surface area contributed by atoms with Gasteiger partial charge in [-0.1, -0.05) is 0 Å². The van der Waals surface area contributed by atoms with Gasteiger partial charge in [0.15, 0.2) is 0 Å². The van der Waals surface area contributed by atoms with Gasteiger partial charge in [0.05, 0.1) is 13.0 Å². The summed E-state index contributed by atoms with van der Waals surface area (Å²) in [6.07, 6.45) is -2.27. The van der Waals surface area contributed by atoms with Crippen molar-refractivity contribution >= 4 is 6.03 Å². The summed E-state index contributed by atoms with van der Waals surface area (Å²) in [7, 11) is 1.48. The van der Waals surface area contributed by atoms with E-state index in [-0.39, 0.29) is 19.5 Å². The van der Waals surface area contributed by atoms with Gasteiger partial charge in [-0.05, 0) is 24.5 Å². The van der Waals surface area contributed by atoms with E-state index in [0.717, 1.165) is 5.56 Å². The first-order valence-corrected chi connectivity index (χ1v) is 6.98. The van der Waals surface area contributed by atoms with Gasteiger partial charge in [-0.25, -0.2) is 9.78 Å². The lowest BCUT2D eigenvalue weighted by Gasteiger charge is -2.33. The minimum absolute atomic E-state index is 0.0782. The second-order valence-electron chi connectivity index (χ2n) is 5.19. The monoisotopic (exact) mass is 317 g/mol. The Morgan fingerprint density at radius 1 is 1.55 bits per heavy atom. The molecule has 1 N–H and O–H groups in total. The Morgan fingerprint density at radius 2 is 2.32 bits per heavy atom. The van der Waals surface area contributed by atoms with Crippen molar-refractivity contribution in [2.45, 2.75) is 25.6 Å². The van der Waals surface area contributed by atoms with E-state index in [1.165, 1.54) is 12.0 Å². The second-order valence-corrected chi connectivity index (χ2v) is 5.19. The summed E-state index contributed by atoms with van der Waals surface area (Å²) in [5.74, 6) is -1.02. The van der Waals surface area contributed by atoms with Gasteiger partial charge >= 0.3 is 12.2 Å². The highest BCUT2D eigenvalue weighted by atomic mass is 19.4. The number of hydrogen-bond acceptors (Lipinski definition) is 3. The zero-order valence-electron chi connectivity index (χ0n) is 12.2. The van der Waals surface area contributed by atoms with Crippen molar-refractivity contribution in [1.29, 1.82) is 0 Å². The third-order valence-electron chi connectivity index (χ3n) is 3.62. The number of alkyl halides is 3. The molecule has 0 spiro atoms. The number of aromatic nitrogens is 1. The van der Waals surface area contributed by atoms with E-state index in [2.05, 4.69) is 10.3 Å². The van der Waals surface area contributed by atoms with Crippen LogP contribution in [0, 0.1) is 5.92 Å². The normalized spacial score (nSPS) is 18.9. The number of halogens is 3. The Bertz CT molecular complexity index is 522. The van der Waals surface area contributed by atoms with Gasteiger partial charge in [0.1, 0.15) is 0 Å². The summed E-state index contributed by atoms with van der Waals surface area (Å²) < 4.78 is 43.2. The van der Waals surface area contributed by atoms with Crippen molar-refractivity contribution in [3.63, 3.8) is 0 Å². The largest absolute Gasteiger partial charge is 0.481 e. The van der Waals surface area contributed by atoms with Gasteiger partial charge in [0.2, 0.25) is 5.88 Å². The maximum atomic E-state index is 12.7. The molecule has 2 rings (SSSR count). The molecule has 1 aliphatic rings. The molecule has 1 saturated heterocycles. The molecule has 1 aromatic rings. The lowest BCUT2D eigenvalue weighted by molar-refractivity contribution is -0.184. The second kappa shape index (κ2) is 6.85. The fraction of sp³-hybridized carbons (Fsp3) is 0.571. The number of ether oxygens (including phenoxy) is 1. The molecule has 1 aliphatic heterocycles. The zero-order chi connectivity index (χ0) is 16.2. The van der Waals surface area contributed by atoms with Crippen LogP contribution in [0.15, 0.2) is 18.3 Å². The van der Waals surface area contributed by atoms with E-state index < -0.39 is 18.1 Å². The van der Waals surface area contributed by atoms with Crippen LogP contribution in [0.5, 0.6) is 5.88 Å². The number of rotatable bonds is 3. The predicted molar refractivity (Wildman–Crippen MR) is 73.4 cm³/mol. The van der Waals surface area contributed by atoms with Gasteiger partial charge in [-0.2, -0.15) is 13.2 Å². The average molecular weight is 317 g/mol. The molecule has 1 atom stereocenters. The fourth-order valence-electron chi connectivity index (χ4n) is 2.39. The smallest absolute Gasteiger partial charge is 0.393 e. The van der Waals surface area contributed by atoms with E-state index in [0.29, 0.717) is 18.8 Å². The van der Waals surface area contributed by atoms with Crippen molar-refractivity contribution in [3.05, 3.63) is 23.9 Å². The van der Waals surface area contributed by atoms with Crippen LogP contribution in [-0.4, -0.2) is 42.3 Å². The molecule has 5 nitrogen and oxygen atoms in total. The topological polar surface area (TPSA) is 54.5 Å². The SMILES string of the molecule is COc1cc(CNC(=O)N2CCC[C@@H](C(F)(F)F)C2)ccn1. The highest BCUT2D eigenvalue weighted by molar-refractivity contribution is 5.74. The van der Waals surface area contributed by atoms with Crippen LogP contribution < -0.4 is 10.1 Å². The Hall–Kier alpha value is -1.99. The molecule has 1 aromatic heterocycles. The number of hydrogen-bond donors (Lipinski definition) is 1. The first-order chi connectivity index (χ1) is 10.4. The van der Waals surface area contributed by atoms with Crippen LogP contribution in [0.2, 0.25) is 0 Å². The van der Waals surface area contributed by atoms with Crippen molar-refractivity contribution in [3.8, 4) is 5.88 Å². The highest BCUT2D eigenvalue weighted by Gasteiger charge is 2.42.